The minimum atomic E-state index is -2.26. The molecule has 4 aromatic rings. The van der Waals surface area contributed by atoms with Crippen molar-refractivity contribution in [3.8, 4) is 34.7 Å². The minimum absolute atomic E-state index is 0.0123. The Balaban J connectivity index is 1.25. The van der Waals surface area contributed by atoms with E-state index in [0.717, 1.165) is 24.8 Å². The van der Waals surface area contributed by atoms with Crippen molar-refractivity contribution in [1.29, 1.82) is 0 Å². The van der Waals surface area contributed by atoms with Crippen molar-refractivity contribution in [1.82, 2.24) is 15.0 Å². The van der Waals surface area contributed by atoms with Crippen LogP contribution in [0.4, 0.5) is 0 Å². The van der Waals surface area contributed by atoms with Crippen LogP contribution in [0.5, 0.6) is 11.5 Å². The molecule has 1 aliphatic heterocycles. The summed E-state index contributed by atoms with van der Waals surface area (Å²) in [6.45, 7) is 22.4. The van der Waals surface area contributed by atoms with Gasteiger partial charge in [-0.25, -0.2) is 15.0 Å². The zero-order valence-corrected chi connectivity index (χ0v) is 48.0. The Morgan fingerprint density at radius 3 is 2.12 bits per heavy atom. The summed E-state index contributed by atoms with van der Waals surface area (Å²) >= 11 is 0. The van der Waals surface area contributed by atoms with Gasteiger partial charge in [0.25, 0.3) is 0 Å². The van der Waals surface area contributed by atoms with E-state index in [-0.39, 0.29) is 78.2 Å². The number of esters is 1. The van der Waals surface area contributed by atoms with Crippen molar-refractivity contribution < 1.29 is 69.8 Å². The van der Waals surface area contributed by atoms with Crippen molar-refractivity contribution in [3.63, 3.8) is 0 Å². The van der Waals surface area contributed by atoms with Crippen LogP contribution in [0.1, 0.15) is 111 Å². The first-order chi connectivity index (χ1) is 35.2. The molecule has 0 radical (unpaired) electrons. The molecular weight excluding hydrogens is 971 g/mol. The highest BCUT2D eigenvalue weighted by molar-refractivity contribution is 6.74. The number of hydrogen-bond acceptors (Lipinski definition) is 18. The molecule has 0 spiro atoms. The summed E-state index contributed by atoms with van der Waals surface area (Å²) in [5.74, 6) is 1.59. The third-order valence-electron chi connectivity index (χ3n) is 15.1. The number of hydrogen-bond donors (Lipinski definition) is 0. The topological polar surface area (TPSA) is 197 Å². The van der Waals surface area contributed by atoms with Crippen LogP contribution in [-0.4, -0.2) is 123 Å². The molecule has 1 unspecified atom stereocenters. The molecule has 0 amide bonds. The third-order valence-corrected chi connectivity index (χ3v) is 19.6. The minimum Gasteiger partial charge on any atom is -0.493 e. The van der Waals surface area contributed by atoms with Gasteiger partial charge in [0, 0.05) is 46.7 Å². The van der Waals surface area contributed by atoms with E-state index in [1.54, 1.807) is 42.5 Å². The van der Waals surface area contributed by atoms with Gasteiger partial charge in [0.2, 0.25) is 17.7 Å². The summed E-state index contributed by atoms with van der Waals surface area (Å²) in [4.78, 5) is 25.8. The molecule has 19 heteroatoms. The normalized spacial score (nSPS) is 20.2. The smallest absolute Gasteiger partial charge is 0.311 e. The van der Waals surface area contributed by atoms with E-state index in [1.165, 1.54) is 33.0 Å². The zero-order valence-electron chi connectivity index (χ0n) is 47.0. The SMILES string of the molecule is COC(=O)[C@H](C)[C@H](OC)c1coc(-c2coc(-c3coc(/C=C/C[C@H](OC)[C@@H](C)[C@H](C[C@H](OC)[C@@H](C)CC[C@@H](OCOCc4ccc(OC)c(OC)c4)[C@H](C)[C@@H]4OC(OC)C[C@H]4C)O[Si](C)(C)C(C)(C)C)n3)n2)n1. The van der Waals surface area contributed by atoms with Crippen LogP contribution in [0.2, 0.25) is 18.1 Å². The van der Waals surface area contributed by atoms with Gasteiger partial charge in [0.15, 0.2) is 37.5 Å². The lowest BCUT2D eigenvalue weighted by Crippen LogP contribution is -2.48. The van der Waals surface area contributed by atoms with Gasteiger partial charge in [0.1, 0.15) is 37.4 Å². The van der Waals surface area contributed by atoms with Crippen LogP contribution in [-0.2, 0) is 53.7 Å². The molecule has 3 aromatic heterocycles. The molecule has 74 heavy (non-hydrogen) atoms. The Morgan fingerprint density at radius 2 is 1.49 bits per heavy atom. The molecule has 0 saturated carbocycles. The molecule has 1 aliphatic rings. The average Bonchev–Trinajstić information content (AvgIpc) is 4.23. The maximum atomic E-state index is 12.2. The van der Waals surface area contributed by atoms with Gasteiger partial charge in [0.05, 0.1) is 64.4 Å². The second-order valence-corrected chi connectivity index (χ2v) is 25.9. The Bertz CT molecular complexity index is 2320. The van der Waals surface area contributed by atoms with Crippen LogP contribution in [0, 0.1) is 29.6 Å². The maximum Gasteiger partial charge on any atom is 0.311 e. The number of nitrogens with zero attached hydrogens (tertiary/aromatic N) is 3. The van der Waals surface area contributed by atoms with Crippen LogP contribution in [0.25, 0.3) is 29.2 Å². The lowest BCUT2D eigenvalue weighted by molar-refractivity contribution is -0.162. The van der Waals surface area contributed by atoms with Gasteiger partial charge >= 0.3 is 5.97 Å². The number of aromatic nitrogens is 3. The van der Waals surface area contributed by atoms with Crippen LogP contribution >= 0.6 is 0 Å². The molecule has 18 nitrogen and oxygen atoms in total. The Hall–Kier alpha value is -4.44. The predicted octanol–water partition coefficient (Wildman–Crippen LogP) is 11.4. The fourth-order valence-corrected chi connectivity index (χ4v) is 10.8. The molecule has 0 aliphatic carbocycles. The van der Waals surface area contributed by atoms with Crippen molar-refractivity contribution in [2.75, 3.05) is 56.6 Å². The monoisotopic (exact) mass is 1060 g/mol. The number of methoxy groups -OCH3 is 7. The molecule has 5 rings (SSSR count). The first-order valence-electron chi connectivity index (χ1n) is 25.7. The highest BCUT2D eigenvalue weighted by Gasteiger charge is 2.43. The van der Waals surface area contributed by atoms with Crippen LogP contribution < -0.4 is 9.47 Å². The zero-order chi connectivity index (χ0) is 54.3. The van der Waals surface area contributed by atoms with Gasteiger partial charge in [-0.1, -0.05) is 60.6 Å². The number of carbonyl (C=O) groups is 1. The highest BCUT2D eigenvalue weighted by Crippen LogP contribution is 2.41. The molecular formula is C55H85N3O15Si. The summed E-state index contributed by atoms with van der Waals surface area (Å²) in [5, 5.41) is -0.0215. The quantitative estimate of drug-likeness (QED) is 0.0199. The van der Waals surface area contributed by atoms with Gasteiger partial charge in [-0.15, -0.1) is 0 Å². The first-order valence-corrected chi connectivity index (χ1v) is 28.6. The summed E-state index contributed by atoms with van der Waals surface area (Å²) < 4.78 is 83.2. The van der Waals surface area contributed by atoms with Crippen molar-refractivity contribution in [2.24, 2.45) is 29.6 Å². The summed E-state index contributed by atoms with van der Waals surface area (Å²) in [5.41, 5.74) is 2.10. The third kappa shape index (κ3) is 15.8. The molecule has 1 aromatic carbocycles. The number of benzene rings is 1. The maximum absolute atomic E-state index is 12.2. The van der Waals surface area contributed by atoms with Gasteiger partial charge < -0.3 is 65.0 Å². The predicted molar refractivity (Wildman–Crippen MR) is 281 cm³/mol. The Labute approximate surface area is 439 Å². The fraction of sp³-hybridized carbons (Fsp3) is 0.673. The van der Waals surface area contributed by atoms with Gasteiger partial charge in [-0.05, 0) is 86.3 Å². The van der Waals surface area contributed by atoms with E-state index in [9.17, 15) is 4.79 Å². The largest absolute Gasteiger partial charge is 0.493 e. The lowest BCUT2D eigenvalue weighted by Gasteiger charge is -2.43. The van der Waals surface area contributed by atoms with Crippen molar-refractivity contribution >= 4 is 20.4 Å². The van der Waals surface area contributed by atoms with E-state index in [0.29, 0.717) is 59.8 Å². The second kappa shape index (κ2) is 28.1. The molecule has 1 fully saturated rings. The van der Waals surface area contributed by atoms with E-state index in [4.69, 9.17) is 65.0 Å². The van der Waals surface area contributed by atoms with Gasteiger partial charge in [-0.2, -0.15) is 0 Å². The van der Waals surface area contributed by atoms with E-state index >= 15 is 0 Å². The number of carbonyl (C=O) groups excluding carboxylic acids is 1. The molecule has 0 bridgehead atoms. The van der Waals surface area contributed by atoms with Crippen LogP contribution in [0.3, 0.4) is 0 Å². The summed E-state index contributed by atoms with van der Waals surface area (Å²) in [6, 6.07) is 5.75. The lowest BCUT2D eigenvalue weighted by atomic mass is 9.84. The fourth-order valence-electron chi connectivity index (χ4n) is 9.34. The molecule has 1 saturated heterocycles. The number of rotatable bonds is 31. The van der Waals surface area contributed by atoms with Crippen LogP contribution in [0.15, 0.2) is 56.3 Å². The molecule has 4 heterocycles. The summed E-state index contributed by atoms with van der Waals surface area (Å²) in [6.07, 6.45) is 10.3. The van der Waals surface area contributed by atoms with Gasteiger partial charge in [-0.3, -0.25) is 4.79 Å². The Morgan fingerprint density at radius 1 is 0.811 bits per heavy atom. The standard InChI is InChI=1S/C55H85N3O15Si/c1-33(21-23-43(36(4)50-34(2)25-49(64-13)72-50)71-32-67-28-38-22-24-44(61-10)47(26-38)63-12)45(62-11)27-46(73-74(16,17)55(6,7)8)35(3)42(60-9)19-18-20-48-56-40(30-68-48)52-58-41(31-70-52)53-57-39(29-69-53)51(65-14)37(5)54(59)66-15/h18,20,22,24,26,29-31,33-37,42-43,45-46,49-51H,19,21,23,25,27-28,32H2,1-17H3/b20-18+/t33-,34+,35+,36-,37+,42-,43+,45-,46-,49?,50+,51-/m0/s1. The first kappa shape index (κ1) is 60.4. The average molecular weight is 1060 g/mol. The second-order valence-electron chi connectivity index (χ2n) is 21.1. The van der Waals surface area contributed by atoms with E-state index < -0.39 is 26.3 Å². The van der Waals surface area contributed by atoms with Crippen molar-refractivity contribution in [2.45, 2.75) is 155 Å². The summed E-state index contributed by atoms with van der Waals surface area (Å²) in [7, 11) is 9.03. The Kier molecular flexibility index (Phi) is 22.9. The number of ether oxygens (including phenoxy) is 10. The molecule has 414 valence electrons. The van der Waals surface area contributed by atoms with E-state index in [1.807, 2.05) is 30.4 Å². The highest BCUT2D eigenvalue weighted by atomic mass is 28.4. The molecule has 12 atom stereocenters. The van der Waals surface area contributed by atoms with Crippen molar-refractivity contribution in [3.05, 3.63) is 60.2 Å². The number of oxazole rings is 3. The van der Waals surface area contributed by atoms with E-state index in [2.05, 4.69) is 76.5 Å². The molecule has 0 N–H and O–H groups in total.